The number of nitrogens with one attached hydrogen (secondary N) is 1. The van der Waals surface area contributed by atoms with Crippen LogP contribution in [0.1, 0.15) is 42.3 Å². The second kappa shape index (κ2) is 10.4. The molecule has 6 heteroatoms. The number of hydrogen-bond acceptors (Lipinski definition) is 5. The third-order valence-corrected chi connectivity index (χ3v) is 5.84. The van der Waals surface area contributed by atoms with Gasteiger partial charge in [0.15, 0.2) is 23.9 Å². The summed E-state index contributed by atoms with van der Waals surface area (Å²) >= 11 is 0. The van der Waals surface area contributed by atoms with Crippen molar-refractivity contribution in [1.29, 1.82) is 0 Å². The molecule has 0 spiro atoms. The molecular weight excluding hydrogens is 392 g/mol. The minimum absolute atomic E-state index is 0.0531. The first kappa shape index (κ1) is 22.8. The van der Waals surface area contributed by atoms with Crippen molar-refractivity contribution >= 4 is 11.7 Å². The summed E-state index contributed by atoms with van der Waals surface area (Å²) in [7, 11) is 1.51. The Morgan fingerprint density at radius 2 is 1.84 bits per heavy atom. The minimum Gasteiger partial charge on any atom is -0.493 e. The zero-order valence-corrected chi connectivity index (χ0v) is 18.8. The summed E-state index contributed by atoms with van der Waals surface area (Å²) in [4.78, 5) is 26.4. The number of nitrogens with zero attached hydrogens (tertiary/aromatic N) is 1. The molecule has 1 aliphatic heterocycles. The van der Waals surface area contributed by atoms with E-state index >= 15 is 0 Å². The van der Waals surface area contributed by atoms with Crippen molar-refractivity contribution in [3.8, 4) is 11.5 Å². The molecule has 0 saturated carbocycles. The standard InChI is InChI=1S/C25H32N2O4/c1-17(2)22(27-12-11-19-7-5-6-8-21(19)15-27)14-26-25(29)16-31-23-10-9-20(18(3)28)13-24(23)30-4/h5-10,13,17,22H,11-12,14-16H2,1-4H3,(H,26,29)/t22-/m0/s1. The number of ketones is 1. The van der Waals surface area contributed by atoms with Crippen LogP contribution >= 0.6 is 0 Å². The molecule has 1 N–H and O–H groups in total. The van der Waals surface area contributed by atoms with Gasteiger partial charge in [-0.25, -0.2) is 0 Å². The van der Waals surface area contributed by atoms with Crippen molar-refractivity contribution in [1.82, 2.24) is 10.2 Å². The van der Waals surface area contributed by atoms with Gasteiger partial charge in [0.2, 0.25) is 0 Å². The molecule has 1 atom stereocenters. The monoisotopic (exact) mass is 424 g/mol. The van der Waals surface area contributed by atoms with Crippen LogP contribution in [0.4, 0.5) is 0 Å². The quantitative estimate of drug-likeness (QED) is 0.625. The number of benzene rings is 2. The van der Waals surface area contributed by atoms with Crippen molar-refractivity contribution in [2.24, 2.45) is 5.92 Å². The molecule has 0 fully saturated rings. The van der Waals surface area contributed by atoms with E-state index in [0.29, 0.717) is 29.5 Å². The minimum atomic E-state index is -0.180. The molecule has 3 rings (SSSR count). The number of amides is 1. The van der Waals surface area contributed by atoms with Gasteiger partial charge in [-0.15, -0.1) is 0 Å². The van der Waals surface area contributed by atoms with Crippen LogP contribution in [-0.4, -0.2) is 49.4 Å². The Morgan fingerprint density at radius 3 is 2.52 bits per heavy atom. The summed E-state index contributed by atoms with van der Waals surface area (Å²) in [6, 6.07) is 13.8. The molecular formula is C25H32N2O4. The summed E-state index contributed by atoms with van der Waals surface area (Å²) in [5.74, 6) is 1.05. The molecule has 2 aromatic carbocycles. The van der Waals surface area contributed by atoms with Crippen LogP contribution in [0.25, 0.3) is 0 Å². The van der Waals surface area contributed by atoms with Gasteiger partial charge in [0.05, 0.1) is 7.11 Å². The van der Waals surface area contributed by atoms with Gasteiger partial charge < -0.3 is 14.8 Å². The van der Waals surface area contributed by atoms with E-state index in [9.17, 15) is 9.59 Å². The molecule has 6 nitrogen and oxygen atoms in total. The van der Waals surface area contributed by atoms with Gasteiger partial charge >= 0.3 is 0 Å². The molecule has 0 saturated heterocycles. The van der Waals surface area contributed by atoms with Crippen LogP contribution in [0.15, 0.2) is 42.5 Å². The van der Waals surface area contributed by atoms with Crippen LogP contribution in [0.3, 0.4) is 0 Å². The largest absolute Gasteiger partial charge is 0.493 e. The SMILES string of the molecule is COc1cc(C(C)=O)ccc1OCC(=O)NC[C@@H](C(C)C)N1CCc2ccccc2C1. The first-order chi connectivity index (χ1) is 14.9. The van der Waals surface area contributed by atoms with Crippen LogP contribution in [-0.2, 0) is 17.8 Å². The van der Waals surface area contributed by atoms with Gasteiger partial charge in [-0.2, -0.15) is 0 Å². The van der Waals surface area contributed by atoms with Crippen molar-refractivity contribution in [2.45, 2.75) is 39.8 Å². The van der Waals surface area contributed by atoms with E-state index in [1.807, 2.05) is 0 Å². The van der Waals surface area contributed by atoms with E-state index in [2.05, 4.69) is 48.3 Å². The molecule has 0 unspecified atom stereocenters. The molecule has 2 aromatic rings. The molecule has 1 amide bonds. The fourth-order valence-electron chi connectivity index (χ4n) is 4.01. The zero-order valence-electron chi connectivity index (χ0n) is 18.8. The zero-order chi connectivity index (χ0) is 22.4. The average molecular weight is 425 g/mol. The molecule has 0 radical (unpaired) electrons. The Labute approximate surface area is 184 Å². The number of fused-ring (bicyclic) bond motifs is 1. The maximum atomic E-state index is 12.4. The van der Waals surface area contributed by atoms with Crippen molar-refractivity contribution in [2.75, 3.05) is 26.8 Å². The van der Waals surface area contributed by atoms with E-state index in [1.54, 1.807) is 18.2 Å². The van der Waals surface area contributed by atoms with Crippen LogP contribution in [0.5, 0.6) is 11.5 Å². The third-order valence-electron chi connectivity index (χ3n) is 5.84. The van der Waals surface area contributed by atoms with Crippen LogP contribution in [0, 0.1) is 5.92 Å². The van der Waals surface area contributed by atoms with Gasteiger partial charge in [0, 0.05) is 31.2 Å². The number of hydrogen-bond donors (Lipinski definition) is 1. The Balaban J connectivity index is 1.55. The Morgan fingerprint density at radius 1 is 1.10 bits per heavy atom. The predicted octanol–water partition coefficient (Wildman–Crippen LogP) is 3.48. The topological polar surface area (TPSA) is 67.9 Å². The lowest BCUT2D eigenvalue weighted by Gasteiger charge is -2.38. The Bertz CT molecular complexity index is 925. The number of methoxy groups -OCH3 is 1. The highest BCUT2D eigenvalue weighted by Crippen LogP contribution is 2.28. The number of carbonyl (C=O) groups excluding carboxylic acids is 2. The lowest BCUT2D eigenvalue weighted by molar-refractivity contribution is -0.123. The molecule has 166 valence electrons. The molecule has 0 aromatic heterocycles. The molecule has 31 heavy (non-hydrogen) atoms. The maximum absolute atomic E-state index is 12.4. The van der Waals surface area contributed by atoms with Gasteiger partial charge in [-0.3, -0.25) is 14.5 Å². The molecule has 1 aliphatic rings. The highest BCUT2D eigenvalue weighted by molar-refractivity contribution is 5.94. The van der Waals surface area contributed by atoms with E-state index < -0.39 is 0 Å². The number of ether oxygens (including phenoxy) is 2. The van der Waals surface area contributed by atoms with Crippen LogP contribution in [0.2, 0.25) is 0 Å². The van der Waals surface area contributed by atoms with Crippen LogP contribution < -0.4 is 14.8 Å². The van der Waals surface area contributed by atoms with Crippen molar-refractivity contribution in [3.63, 3.8) is 0 Å². The van der Waals surface area contributed by atoms with E-state index in [4.69, 9.17) is 9.47 Å². The summed E-state index contributed by atoms with van der Waals surface area (Å²) in [6.07, 6.45) is 1.03. The number of carbonyl (C=O) groups is 2. The maximum Gasteiger partial charge on any atom is 0.257 e. The third kappa shape index (κ3) is 5.85. The average Bonchev–Trinajstić information content (AvgIpc) is 2.77. The first-order valence-electron chi connectivity index (χ1n) is 10.8. The molecule has 1 heterocycles. The van der Waals surface area contributed by atoms with Crippen molar-refractivity contribution in [3.05, 3.63) is 59.2 Å². The Hall–Kier alpha value is -2.86. The first-order valence-corrected chi connectivity index (χ1v) is 10.8. The lowest BCUT2D eigenvalue weighted by Crippen LogP contribution is -2.49. The normalized spacial score (nSPS) is 14.6. The lowest BCUT2D eigenvalue weighted by atomic mass is 9.95. The summed E-state index contributed by atoms with van der Waals surface area (Å²) in [6.45, 7) is 8.24. The number of Topliss-reactive ketones (excluding diaryl/α,β-unsaturated/α-hetero) is 1. The fraction of sp³-hybridized carbons (Fsp3) is 0.440. The summed E-state index contributed by atoms with van der Waals surface area (Å²) < 4.78 is 10.9. The second-order valence-corrected chi connectivity index (χ2v) is 8.32. The Kier molecular flexibility index (Phi) is 7.69. The van der Waals surface area contributed by atoms with Gasteiger partial charge in [0.25, 0.3) is 5.91 Å². The summed E-state index contributed by atoms with van der Waals surface area (Å²) in [5, 5.41) is 3.02. The van der Waals surface area contributed by atoms with Gasteiger partial charge in [-0.05, 0) is 48.6 Å². The van der Waals surface area contributed by atoms with E-state index in [-0.39, 0.29) is 24.3 Å². The molecule has 0 bridgehead atoms. The number of rotatable bonds is 9. The summed E-state index contributed by atoms with van der Waals surface area (Å²) in [5.41, 5.74) is 3.33. The highest BCUT2D eigenvalue weighted by Gasteiger charge is 2.26. The smallest absolute Gasteiger partial charge is 0.257 e. The van der Waals surface area contributed by atoms with Gasteiger partial charge in [0.1, 0.15) is 0 Å². The predicted molar refractivity (Wildman–Crippen MR) is 121 cm³/mol. The second-order valence-electron chi connectivity index (χ2n) is 8.32. The molecule has 0 aliphatic carbocycles. The van der Waals surface area contributed by atoms with E-state index in [0.717, 1.165) is 19.5 Å². The highest BCUT2D eigenvalue weighted by atomic mass is 16.5. The van der Waals surface area contributed by atoms with Crippen molar-refractivity contribution < 1.29 is 19.1 Å². The van der Waals surface area contributed by atoms with E-state index in [1.165, 1.54) is 25.2 Å². The fourth-order valence-corrected chi connectivity index (χ4v) is 4.01. The van der Waals surface area contributed by atoms with Gasteiger partial charge in [-0.1, -0.05) is 38.1 Å².